The molecule has 1 unspecified atom stereocenters. The van der Waals surface area contributed by atoms with Gasteiger partial charge in [-0.1, -0.05) is 12.1 Å². The highest BCUT2D eigenvalue weighted by atomic mass is 16.5. The van der Waals surface area contributed by atoms with Crippen molar-refractivity contribution in [3.63, 3.8) is 0 Å². The lowest BCUT2D eigenvalue weighted by Crippen LogP contribution is -2.07. The number of hydrogen-bond acceptors (Lipinski definition) is 4. The summed E-state index contributed by atoms with van der Waals surface area (Å²) >= 11 is 0. The molecular weight excluding hydrogens is 192 g/mol. The van der Waals surface area contributed by atoms with Gasteiger partial charge in [-0.3, -0.25) is 10.6 Å². The molecule has 1 aromatic carbocycles. The fourth-order valence-corrected chi connectivity index (χ4v) is 1.77. The van der Waals surface area contributed by atoms with Crippen molar-refractivity contribution in [1.82, 2.24) is 0 Å². The van der Waals surface area contributed by atoms with Gasteiger partial charge < -0.3 is 10.2 Å². The number of hydrogen-bond donors (Lipinski definition) is 2. The number of nitrogens with two attached hydrogens (primary N) is 1. The maximum absolute atomic E-state index is 10.9. The molecule has 80 valence electrons. The Balaban J connectivity index is 1.96. The minimum atomic E-state index is -0.0831. The van der Waals surface area contributed by atoms with Crippen molar-refractivity contribution in [3.8, 4) is 0 Å². The van der Waals surface area contributed by atoms with Gasteiger partial charge in [0.15, 0.2) is 0 Å². The van der Waals surface area contributed by atoms with Crippen LogP contribution in [0.5, 0.6) is 0 Å². The molecular formula is C11H14N2O2. The predicted molar refractivity (Wildman–Crippen MR) is 57.0 cm³/mol. The van der Waals surface area contributed by atoms with Gasteiger partial charge in [-0.15, -0.1) is 0 Å². The number of hydrazine groups is 1. The first-order chi connectivity index (χ1) is 7.28. The molecule has 1 aliphatic rings. The SMILES string of the molecule is NNc1ccc(CC2COC(=O)C2)cc1. The van der Waals surface area contributed by atoms with E-state index in [-0.39, 0.29) is 5.97 Å². The molecule has 1 aliphatic heterocycles. The van der Waals surface area contributed by atoms with E-state index in [0.717, 1.165) is 12.1 Å². The van der Waals surface area contributed by atoms with Crippen molar-refractivity contribution in [2.45, 2.75) is 12.8 Å². The summed E-state index contributed by atoms with van der Waals surface area (Å²) in [7, 11) is 0. The van der Waals surface area contributed by atoms with Crippen LogP contribution in [0.1, 0.15) is 12.0 Å². The number of carbonyl (C=O) groups is 1. The van der Waals surface area contributed by atoms with Gasteiger partial charge >= 0.3 is 5.97 Å². The summed E-state index contributed by atoms with van der Waals surface area (Å²) in [4.78, 5) is 10.9. The Morgan fingerprint density at radius 1 is 1.40 bits per heavy atom. The van der Waals surface area contributed by atoms with Gasteiger partial charge in [-0.05, 0) is 24.1 Å². The Morgan fingerprint density at radius 2 is 2.13 bits per heavy atom. The molecule has 15 heavy (non-hydrogen) atoms. The monoisotopic (exact) mass is 206 g/mol. The summed E-state index contributed by atoms with van der Waals surface area (Å²) in [5.74, 6) is 5.51. The van der Waals surface area contributed by atoms with Crippen molar-refractivity contribution in [2.75, 3.05) is 12.0 Å². The van der Waals surface area contributed by atoms with Crippen LogP contribution in [-0.2, 0) is 16.0 Å². The topological polar surface area (TPSA) is 64.3 Å². The van der Waals surface area contributed by atoms with Crippen LogP contribution in [0.4, 0.5) is 5.69 Å². The third-order valence-corrected chi connectivity index (χ3v) is 2.58. The van der Waals surface area contributed by atoms with Crippen LogP contribution in [0.2, 0.25) is 0 Å². The number of benzene rings is 1. The molecule has 1 aromatic rings. The largest absolute Gasteiger partial charge is 0.465 e. The zero-order valence-electron chi connectivity index (χ0n) is 8.40. The van der Waals surface area contributed by atoms with E-state index >= 15 is 0 Å². The second-order valence-electron chi connectivity index (χ2n) is 3.80. The van der Waals surface area contributed by atoms with Gasteiger partial charge in [0.25, 0.3) is 0 Å². The maximum atomic E-state index is 10.9. The van der Waals surface area contributed by atoms with Crippen molar-refractivity contribution in [1.29, 1.82) is 0 Å². The van der Waals surface area contributed by atoms with Crippen molar-refractivity contribution in [3.05, 3.63) is 29.8 Å². The van der Waals surface area contributed by atoms with E-state index in [4.69, 9.17) is 10.6 Å². The molecule has 0 amide bonds. The smallest absolute Gasteiger partial charge is 0.306 e. The molecule has 0 saturated carbocycles. The lowest BCUT2D eigenvalue weighted by Gasteiger charge is -2.06. The lowest BCUT2D eigenvalue weighted by molar-refractivity contribution is -0.137. The Kier molecular flexibility index (Phi) is 2.87. The Hall–Kier alpha value is -1.55. The van der Waals surface area contributed by atoms with E-state index < -0.39 is 0 Å². The van der Waals surface area contributed by atoms with Crippen LogP contribution in [0.15, 0.2) is 24.3 Å². The molecule has 1 heterocycles. The molecule has 0 aromatic heterocycles. The summed E-state index contributed by atoms with van der Waals surface area (Å²) in [6.07, 6.45) is 1.42. The van der Waals surface area contributed by atoms with E-state index in [9.17, 15) is 4.79 Å². The number of nitrogens with one attached hydrogen (secondary N) is 1. The fraction of sp³-hybridized carbons (Fsp3) is 0.364. The third-order valence-electron chi connectivity index (χ3n) is 2.58. The molecule has 1 atom stereocenters. The van der Waals surface area contributed by atoms with E-state index in [1.807, 2.05) is 24.3 Å². The highest BCUT2D eigenvalue weighted by Gasteiger charge is 2.23. The maximum Gasteiger partial charge on any atom is 0.306 e. The minimum absolute atomic E-state index is 0.0831. The van der Waals surface area contributed by atoms with Crippen molar-refractivity contribution < 1.29 is 9.53 Å². The molecule has 0 aliphatic carbocycles. The van der Waals surface area contributed by atoms with Crippen molar-refractivity contribution >= 4 is 11.7 Å². The van der Waals surface area contributed by atoms with Gasteiger partial charge in [0.05, 0.1) is 13.0 Å². The summed E-state index contributed by atoms with van der Waals surface area (Å²) < 4.78 is 4.91. The number of ether oxygens (including phenoxy) is 1. The van der Waals surface area contributed by atoms with Gasteiger partial charge in [0.2, 0.25) is 0 Å². The highest BCUT2D eigenvalue weighted by Crippen LogP contribution is 2.20. The standard InChI is InChI=1S/C11H14N2O2/c12-13-10-3-1-8(2-4-10)5-9-6-11(14)15-7-9/h1-4,9,13H,5-7,12H2. The van der Waals surface area contributed by atoms with Gasteiger partial charge in [-0.25, -0.2) is 0 Å². The fourth-order valence-electron chi connectivity index (χ4n) is 1.77. The number of nitrogen functional groups attached to an aromatic ring is 1. The summed E-state index contributed by atoms with van der Waals surface area (Å²) in [5.41, 5.74) is 4.67. The van der Waals surface area contributed by atoms with E-state index in [0.29, 0.717) is 18.9 Å². The summed E-state index contributed by atoms with van der Waals surface area (Å²) in [6, 6.07) is 7.87. The summed E-state index contributed by atoms with van der Waals surface area (Å²) in [6.45, 7) is 0.551. The highest BCUT2D eigenvalue weighted by molar-refractivity contribution is 5.71. The number of cyclic esters (lactones) is 1. The van der Waals surface area contributed by atoms with E-state index in [2.05, 4.69) is 5.43 Å². The van der Waals surface area contributed by atoms with Crippen LogP contribution < -0.4 is 11.3 Å². The van der Waals surface area contributed by atoms with Gasteiger partial charge in [0, 0.05) is 11.6 Å². The minimum Gasteiger partial charge on any atom is -0.465 e. The number of anilines is 1. The Morgan fingerprint density at radius 3 is 2.67 bits per heavy atom. The van der Waals surface area contributed by atoms with Gasteiger partial charge in [0.1, 0.15) is 0 Å². The average Bonchev–Trinajstić information content (AvgIpc) is 2.65. The van der Waals surface area contributed by atoms with E-state index in [1.54, 1.807) is 0 Å². The quantitative estimate of drug-likeness (QED) is 0.441. The molecule has 1 fully saturated rings. The first-order valence-electron chi connectivity index (χ1n) is 4.99. The van der Waals surface area contributed by atoms with Crippen LogP contribution in [0.25, 0.3) is 0 Å². The number of rotatable bonds is 3. The first-order valence-corrected chi connectivity index (χ1v) is 4.99. The summed E-state index contributed by atoms with van der Waals surface area (Å²) in [5, 5.41) is 0. The predicted octanol–water partition coefficient (Wildman–Crippen LogP) is 1.08. The zero-order valence-corrected chi connectivity index (χ0v) is 8.40. The average molecular weight is 206 g/mol. The zero-order chi connectivity index (χ0) is 10.7. The number of carbonyl (C=O) groups excluding carboxylic acids is 1. The van der Waals surface area contributed by atoms with Crippen molar-refractivity contribution in [2.24, 2.45) is 11.8 Å². The molecule has 1 saturated heterocycles. The second kappa shape index (κ2) is 4.31. The second-order valence-corrected chi connectivity index (χ2v) is 3.80. The van der Waals surface area contributed by atoms with E-state index in [1.165, 1.54) is 5.56 Å². The van der Waals surface area contributed by atoms with Crippen LogP contribution in [0.3, 0.4) is 0 Å². The van der Waals surface area contributed by atoms with Crippen LogP contribution >= 0.6 is 0 Å². The molecule has 0 radical (unpaired) electrons. The molecule has 2 rings (SSSR count). The molecule has 0 spiro atoms. The third kappa shape index (κ3) is 2.47. The number of esters is 1. The Labute approximate surface area is 88.4 Å². The normalized spacial score (nSPS) is 20.1. The van der Waals surface area contributed by atoms with Crippen LogP contribution in [0, 0.1) is 5.92 Å². The molecule has 4 heteroatoms. The molecule has 3 N–H and O–H groups in total. The molecule has 0 bridgehead atoms. The van der Waals surface area contributed by atoms with Gasteiger partial charge in [-0.2, -0.15) is 0 Å². The first kappa shape index (κ1) is 9.98. The Bertz CT molecular complexity index is 348. The lowest BCUT2D eigenvalue weighted by atomic mass is 9.98. The molecule has 4 nitrogen and oxygen atoms in total. The van der Waals surface area contributed by atoms with Crippen LogP contribution in [-0.4, -0.2) is 12.6 Å².